The average molecular weight is 345 g/mol. The van der Waals surface area contributed by atoms with Gasteiger partial charge < -0.3 is 14.1 Å². The Labute approximate surface area is 145 Å². The third-order valence-corrected chi connectivity index (χ3v) is 4.21. The third-order valence-electron chi connectivity index (χ3n) is 4.21. The second kappa shape index (κ2) is 7.51. The van der Waals surface area contributed by atoms with E-state index in [-0.39, 0.29) is 28.8 Å². The summed E-state index contributed by atoms with van der Waals surface area (Å²) in [4.78, 5) is 25.8. The number of nitrogens with zero attached hydrogens (tertiary/aromatic N) is 1. The van der Waals surface area contributed by atoms with Crippen LogP contribution in [0.3, 0.4) is 0 Å². The van der Waals surface area contributed by atoms with Crippen molar-refractivity contribution >= 4 is 5.91 Å². The van der Waals surface area contributed by atoms with Crippen LogP contribution in [-0.4, -0.2) is 30.5 Å². The monoisotopic (exact) mass is 345 g/mol. The largest absolute Gasteiger partial charge is 0.493 e. The van der Waals surface area contributed by atoms with E-state index in [1.54, 1.807) is 24.0 Å². The lowest BCUT2D eigenvalue weighted by Crippen LogP contribution is -2.41. The highest BCUT2D eigenvalue weighted by Crippen LogP contribution is 2.20. The lowest BCUT2D eigenvalue weighted by molar-refractivity contribution is 0.0598. The van der Waals surface area contributed by atoms with Crippen LogP contribution in [0.2, 0.25) is 0 Å². The van der Waals surface area contributed by atoms with Crippen molar-refractivity contribution in [2.75, 3.05) is 19.7 Å². The first kappa shape index (κ1) is 17.2. The fourth-order valence-corrected chi connectivity index (χ4v) is 3.00. The van der Waals surface area contributed by atoms with E-state index in [0.29, 0.717) is 31.2 Å². The first-order valence-corrected chi connectivity index (χ1v) is 8.31. The highest BCUT2D eigenvalue weighted by atomic mass is 19.1. The zero-order valence-electron chi connectivity index (χ0n) is 14.0. The molecule has 1 aromatic carbocycles. The van der Waals surface area contributed by atoms with Crippen molar-refractivity contribution in [3.8, 4) is 5.75 Å². The molecule has 1 aliphatic rings. The van der Waals surface area contributed by atoms with Gasteiger partial charge in [0.05, 0.1) is 6.61 Å². The van der Waals surface area contributed by atoms with E-state index >= 15 is 0 Å². The zero-order chi connectivity index (χ0) is 17.8. The number of rotatable bonds is 4. The fraction of sp³-hybridized carbons (Fsp3) is 0.368. The summed E-state index contributed by atoms with van der Waals surface area (Å²) >= 11 is 0. The molecule has 0 spiro atoms. The molecular weight excluding hydrogens is 325 g/mol. The van der Waals surface area contributed by atoms with Gasteiger partial charge in [-0.1, -0.05) is 0 Å². The topological polar surface area (TPSA) is 59.8 Å². The number of hydrogen-bond donors (Lipinski definition) is 0. The maximum Gasteiger partial charge on any atom is 0.289 e. The summed E-state index contributed by atoms with van der Waals surface area (Å²) in [6.07, 6.45) is 1.81. The van der Waals surface area contributed by atoms with Crippen molar-refractivity contribution in [1.29, 1.82) is 0 Å². The lowest BCUT2D eigenvalue weighted by Gasteiger charge is -2.32. The highest BCUT2D eigenvalue weighted by molar-refractivity contribution is 5.91. The molecule has 0 saturated carbocycles. The van der Waals surface area contributed by atoms with E-state index in [1.807, 2.05) is 0 Å². The van der Waals surface area contributed by atoms with Gasteiger partial charge in [0.15, 0.2) is 11.2 Å². The molecule has 1 atom stereocenters. The van der Waals surface area contributed by atoms with Gasteiger partial charge in [-0.05, 0) is 44.0 Å². The Morgan fingerprint density at radius 1 is 1.32 bits per heavy atom. The second-order valence-corrected chi connectivity index (χ2v) is 6.29. The number of ether oxygens (including phenoxy) is 1. The van der Waals surface area contributed by atoms with Gasteiger partial charge in [-0.15, -0.1) is 0 Å². The Morgan fingerprint density at radius 2 is 2.08 bits per heavy atom. The molecule has 0 radical (unpaired) electrons. The zero-order valence-corrected chi connectivity index (χ0v) is 14.0. The Morgan fingerprint density at radius 3 is 2.80 bits per heavy atom. The van der Waals surface area contributed by atoms with Crippen molar-refractivity contribution in [2.24, 2.45) is 5.92 Å². The summed E-state index contributed by atoms with van der Waals surface area (Å²) in [6.45, 7) is 3.27. The first-order chi connectivity index (χ1) is 12.0. The maximum atomic E-state index is 12.9. The number of halogens is 1. The maximum absolute atomic E-state index is 12.9. The van der Waals surface area contributed by atoms with Gasteiger partial charge >= 0.3 is 0 Å². The molecule has 2 aromatic rings. The molecule has 1 saturated heterocycles. The molecule has 0 aliphatic carbocycles. The number of hydrogen-bond acceptors (Lipinski definition) is 4. The SMILES string of the molecule is Cc1cc(=O)cc(C(=O)N2CCCC(COc3ccc(F)cc3)C2)o1. The van der Waals surface area contributed by atoms with Crippen LogP contribution in [0.25, 0.3) is 0 Å². The Hall–Kier alpha value is -2.63. The molecule has 1 amide bonds. The molecule has 0 N–H and O–H groups in total. The molecular formula is C19H20FNO4. The van der Waals surface area contributed by atoms with Crippen LogP contribution in [0.15, 0.2) is 45.6 Å². The quantitative estimate of drug-likeness (QED) is 0.855. The van der Waals surface area contributed by atoms with E-state index in [2.05, 4.69) is 0 Å². The summed E-state index contributed by atoms with van der Waals surface area (Å²) in [6, 6.07) is 8.46. The minimum atomic E-state index is -0.304. The van der Waals surface area contributed by atoms with Crippen molar-refractivity contribution in [3.05, 3.63) is 64.0 Å². The molecule has 1 unspecified atom stereocenters. The summed E-state index contributed by atoms with van der Waals surface area (Å²) in [5.41, 5.74) is -0.236. The van der Waals surface area contributed by atoms with Gasteiger partial charge in [-0.25, -0.2) is 4.39 Å². The van der Waals surface area contributed by atoms with E-state index < -0.39 is 0 Å². The van der Waals surface area contributed by atoms with Gasteiger partial charge in [-0.3, -0.25) is 9.59 Å². The number of aryl methyl sites for hydroxylation is 1. The molecule has 2 heterocycles. The van der Waals surface area contributed by atoms with Crippen LogP contribution in [-0.2, 0) is 0 Å². The van der Waals surface area contributed by atoms with Crippen molar-refractivity contribution in [2.45, 2.75) is 19.8 Å². The summed E-state index contributed by atoms with van der Waals surface area (Å²) < 4.78 is 24.0. The molecule has 1 aliphatic heterocycles. The van der Waals surface area contributed by atoms with Crippen molar-refractivity contribution < 1.29 is 18.3 Å². The molecule has 3 rings (SSSR count). The number of carbonyl (C=O) groups excluding carboxylic acids is 1. The molecule has 1 aromatic heterocycles. The smallest absolute Gasteiger partial charge is 0.289 e. The highest BCUT2D eigenvalue weighted by Gasteiger charge is 2.26. The number of carbonyl (C=O) groups is 1. The molecule has 132 valence electrons. The summed E-state index contributed by atoms with van der Waals surface area (Å²) in [7, 11) is 0. The van der Waals surface area contributed by atoms with Gasteiger partial charge in [0, 0.05) is 31.1 Å². The number of amides is 1. The summed E-state index contributed by atoms with van der Waals surface area (Å²) in [5.74, 6) is 0.705. The predicted molar refractivity (Wildman–Crippen MR) is 90.2 cm³/mol. The number of likely N-dealkylation sites (tertiary alicyclic amines) is 1. The van der Waals surface area contributed by atoms with Crippen LogP contribution in [0, 0.1) is 18.7 Å². The minimum Gasteiger partial charge on any atom is -0.493 e. The fourth-order valence-electron chi connectivity index (χ4n) is 3.00. The molecule has 1 fully saturated rings. The van der Waals surface area contributed by atoms with Crippen LogP contribution < -0.4 is 10.2 Å². The van der Waals surface area contributed by atoms with E-state index in [9.17, 15) is 14.0 Å². The Balaban J connectivity index is 1.61. The van der Waals surface area contributed by atoms with E-state index in [1.165, 1.54) is 24.3 Å². The van der Waals surface area contributed by atoms with Crippen molar-refractivity contribution in [1.82, 2.24) is 4.90 Å². The molecule has 0 bridgehead atoms. The molecule has 25 heavy (non-hydrogen) atoms. The van der Waals surface area contributed by atoms with E-state index in [0.717, 1.165) is 12.8 Å². The van der Waals surface area contributed by atoms with Crippen LogP contribution in [0.5, 0.6) is 5.75 Å². The van der Waals surface area contributed by atoms with Crippen LogP contribution in [0.4, 0.5) is 4.39 Å². The standard InChI is InChI=1S/C19H20FNO4/c1-13-9-16(22)10-18(25-13)19(23)21-8-2-3-14(11-21)12-24-17-6-4-15(20)5-7-17/h4-7,9-10,14H,2-3,8,11-12H2,1H3. The predicted octanol–water partition coefficient (Wildman–Crippen LogP) is 3.02. The summed E-state index contributed by atoms with van der Waals surface area (Å²) in [5, 5.41) is 0. The lowest BCUT2D eigenvalue weighted by atomic mass is 9.98. The Kier molecular flexibility index (Phi) is 5.16. The van der Waals surface area contributed by atoms with Crippen molar-refractivity contribution in [3.63, 3.8) is 0 Å². The minimum absolute atomic E-state index is 0.0742. The van der Waals surface area contributed by atoms with Gasteiger partial charge in [0.25, 0.3) is 5.91 Å². The van der Waals surface area contributed by atoms with Gasteiger partial charge in [0.1, 0.15) is 17.3 Å². The van der Waals surface area contributed by atoms with Crippen LogP contribution >= 0.6 is 0 Å². The second-order valence-electron chi connectivity index (χ2n) is 6.29. The number of benzene rings is 1. The average Bonchev–Trinajstić information content (AvgIpc) is 2.60. The van der Waals surface area contributed by atoms with E-state index in [4.69, 9.17) is 9.15 Å². The Bertz CT molecular complexity index is 800. The molecule has 5 nitrogen and oxygen atoms in total. The number of piperidine rings is 1. The first-order valence-electron chi connectivity index (χ1n) is 8.31. The van der Waals surface area contributed by atoms with Gasteiger partial charge in [0.2, 0.25) is 0 Å². The normalized spacial score (nSPS) is 17.4. The molecule has 6 heteroatoms. The van der Waals surface area contributed by atoms with Gasteiger partial charge in [-0.2, -0.15) is 0 Å². The third kappa shape index (κ3) is 4.47. The van der Waals surface area contributed by atoms with Crippen LogP contribution in [0.1, 0.15) is 29.2 Å².